The summed E-state index contributed by atoms with van der Waals surface area (Å²) < 4.78 is 4.99. The third kappa shape index (κ3) is 3.79. The maximum atomic E-state index is 12.0. The molecule has 0 saturated carbocycles. The van der Waals surface area contributed by atoms with Crippen LogP contribution in [-0.2, 0) is 13.0 Å². The molecule has 0 fully saturated rings. The van der Waals surface area contributed by atoms with E-state index in [1.807, 2.05) is 6.92 Å². The number of non-ortho nitro benzene ring substituents is 1. The molecule has 0 aliphatic heterocycles. The van der Waals surface area contributed by atoms with Crippen LogP contribution in [0.5, 0.6) is 0 Å². The fourth-order valence-corrected chi connectivity index (χ4v) is 1.94. The van der Waals surface area contributed by atoms with Gasteiger partial charge in [0, 0.05) is 18.6 Å². The average molecular weight is 325 g/mol. The van der Waals surface area contributed by atoms with Crippen LogP contribution in [0.2, 0.25) is 5.02 Å². The van der Waals surface area contributed by atoms with Gasteiger partial charge in [0.15, 0.2) is 5.82 Å². The van der Waals surface area contributed by atoms with Crippen molar-refractivity contribution >= 4 is 23.2 Å². The number of nitrogens with zero attached hydrogens (tertiary/aromatic N) is 3. The van der Waals surface area contributed by atoms with Gasteiger partial charge in [0.05, 0.1) is 22.1 Å². The lowest BCUT2D eigenvalue weighted by Gasteiger charge is -2.04. The van der Waals surface area contributed by atoms with E-state index in [-0.39, 0.29) is 22.8 Å². The molecule has 1 aromatic heterocycles. The highest BCUT2D eigenvalue weighted by atomic mass is 35.5. The Morgan fingerprint density at radius 3 is 2.95 bits per heavy atom. The van der Waals surface area contributed by atoms with E-state index in [4.69, 9.17) is 16.1 Å². The van der Waals surface area contributed by atoms with E-state index < -0.39 is 10.8 Å². The molecule has 8 nitrogen and oxygen atoms in total. The van der Waals surface area contributed by atoms with Crippen LogP contribution >= 0.6 is 11.6 Å². The van der Waals surface area contributed by atoms with Gasteiger partial charge in [0.25, 0.3) is 11.6 Å². The molecule has 0 aliphatic carbocycles. The monoisotopic (exact) mass is 324 g/mol. The van der Waals surface area contributed by atoms with Crippen LogP contribution in [0.25, 0.3) is 0 Å². The lowest BCUT2D eigenvalue weighted by atomic mass is 10.2. The van der Waals surface area contributed by atoms with Crippen molar-refractivity contribution in [2.24, 2.45) is 0 Å². The molecule has 0 aliphatic rings. The number of hydrogen-bond acceptors (Lipinski definition) is 6. The van der Waals surface area contributed by atoms with E-state index in [1.54, 1.807) is 0 Å². The second kappa shape index (κ2) is 6.99. The second-order valence-corrected chi connectivity index (χ2v) is 4.87. The van der Waals surface area contributed by atoms with Crippen molar-refractivity contribution in [3.8, 4) is 0 Å². The summed E-state index contributed by atoms with van der Waals surface area (Å²) in [7, 11) is 0. The first-order valence-corrected chi connectivity index (χ1v) is 6.92. The van der Waals surface area contributed by atoms with Gasteiger partial charge in [-0.05, 0) is 12.5 Å². The Labute approximate surface area is 130 Å². The molecular weight excluding hydrogens is 312 g/mol. The number of hydrogen-bond donors (Lipinski definition) is 1. The number of halogens is 1. The molecule has 1 aromatic carbocycles. The van der Waals surface area contributed by atoms with Crippen molar-refractivity contribution in [2.45, 2.75) is 26.3 Å². The van der Waals surface area contributed by atoms with Gasteiger partial charge in [-0.1, -0.05) is 23.7 Å². The summed E-state index contributed by atoms with van der Waals surface area (Å²) in [5.41, 5.74) is -0.188. The van der Waals surface area contributed by atoms with Gasteiger partial charge < -0.3 is 9.84 Å². The summed E-state index contributed by atoms with van der Waals surface area (Å²) in [6, 6.07) is 3.66. The first-order chi connectivity index (χ1) is 10.5. The van der Waals surface area contributed by atoms with Crippen LogP contribution in [-0.4, -0.2) is 21.0 Å². The minimum absolute atomic E-state index is 0.0214. The quantitative estimate of drug-likeness (QED) is 0.645. The number of rotatable bonds is 6. The number of aromatic nitrogens is 2. The fourth-order valence-electron chi connectivity index (χ4n) is 1.73. The Morgan fingerprint density at radius 2 is 2.27 bits per heavy atom. The number of carbonyl (C=O) groups excluding carboxylic acids is 1. The molecule has 0 unspecified atom stereocenters. The molecule has 2 aromatic rings. The molecule has 0 atom stereocenters. The second-order valence-electron chi connectivity index (χ2n) is 4.46. The van der Waals surface area contributed by atoms with Crippen molar-refractivity contribution in [3.63, 3.8) is 0 Å². The summed E-state index contributed by atoms with van der Waals surface area (Å²) in [4.78, 5) is 26.3. The van der Waals surface area contributed by atoms with Crippen molar-refractivity contribution in [1.29, 1.82) is 0 Å². The minimum atomic E-state index is -0.594. The van der Waals surface area contributed by atoms with Crippen LogP contribution in [0.3, 0.4) is 0 Å². The maximum absolute atomic E-state index is 12.0. The van der Waals surface area contributed by atoms with Crippen LogP contribution in [0.1, 0.15) is 35.4 Å². The fraction of sp³-hybridized carbons (Fsp3) is 0.308. The molecule has 116 valence electrons. The van der Waals surface area contributed by atoms with Gasteiger partial charge in [-0.25, -0.2) is 0 Å². The molecule has 0 saturated heterocycles. The summed E-state index contributed by atoms with van der Waals surface area (Å²) in [5, 5.41) is 17.1. The van der Waals surface area contributed by atoms with Gasteiger partial charge in [0.2, 0.25) is 5.89 Å². The Kier molecular flexibility index (Phi) is 5.05. The molecular formula is C13H13ClN4O4. The molecule has 0 spiro atoms. The Hall–Kier alpha value is -2.48. The normalized spacial score (nSPS) is 10.5. The number of amides is 1. The molecule has 1 N–H and O–H groups in total. The SMILES string of the molecule is CCCc1nc(CNC(=O)c2cc([N+](=O)[O-])ccc2Cl)no1. The van der Waals surface area contributed by atoms with Gasteiger partial charge in [-0.2, -0.15) is 4.98 Å². The van der Waals surface area contributed by atoms with Gasteiger partial charge in [0.1, 0.15) is 0 Å². The van der Waals surface area contributed by atoms with Gasteiger partial charge in [-0.15, -0.1) is 0 Å². The third-order valence-electron chi connectivity index (χ3n) is 2.79. The number of carbonyl (C=O) groups is 1. The zero-order chi connectivity index (χ0) is 16.1. The highest BCUT2D eigenvalue weighted by molar-refractivity contribution is 6.33. The largest absolute Gasteiger partial charge is 0.345 e. The van der Waals surface area contributed by atoms with E-state index in [9.17, 15) is 14.9 Å². The summed E-state index contributed by atoms with van der Waals surface area (Å²) in [5.74, 6) is 0.286. The third-order valence-corrected chi connectivity index (χ3v) is 3.12. The van der Waals surface area contributed by atoms with Crippen LogP contribution in [0.15, 0.2) is 22.7 Å². The maximum Gasteiger partial charge on any atom is 0.270 e. The van der Waals surface area contributed by atoms with Crippen molar-refractivity contribution in [1.82, 2.24) is 15.5 Å². The minimum Gasteiger partial charge on any atom is -0.345 e. The number of nitro groups is 1. The lowest BCUT2D eigenvalue weighted by Crippen LogP contribution is -2.23. The molecule has 1 amide bonds. The number of aryl methyl sites for hydroxylation is 1. The highest BCUT2D eigenvalue weighted by Gasteiger charge is 2.16. The molecule has 1 heterocycles. The zero-order valence-corrected chi connectivity index (χ0v) is 12.5. The smallest absolute Gasteiger partial charge is 0.270 e. The van der Waals surface area contributed by atoms with Gasteiger partial charge in [-0.3, -0.25) is 14.9 Å². The number of nitrogens with one attached hydrogen (secondary N) is 1. The van der Waals surface area contributed by atoms with Crippen molar-refractivity contribution in [2.75, 3.05) is 0 Å². The molecule has 2 rings (SSSR count). The first kappa shape index (κ1) is 15.9. The number of nitro benzene ring substituents is 1. The molecule has 0 bridgehead atoms. The summed E-state index contributed by atoms with van der Waals surface area (Å²) in [6.07, 6.45) is 1.54. The lowest BCUT2D eigenvalue weighted by molar-refractivity contribution is -0.384. The molecule has 0 radical (unpaired) electrons. The van der Waals surface area contributed by atoms with Crippen LogP contribution in [0.4, 0.5) is 5.69 Å². The average Bonchev–Trinajstić information content (AvgIpc) is 2.93. The zero-order valence-electron chi connectivity index (χ0n) is 11.7. The predicted molar refractivity (Wildman–Crippen MR) is 77.6 cm³/mol. The molecule has 9 heteroatoms. The van der Waals surface area contributed by atoms with E-state index >= 15 is 0 Å². The van der Waals surface area contributed by atoms with E-state index in [0.717, 1.165) is 12.5 Å². The number of benzene rings is 1. The Bertz CT molecular complexity index is 701. The van der Waals surface area contributed by atoms with E-state index in [2.05, 4.69) is 15.5 Å². The predicted octanol–water partition coefficient (Wildman–Crippen LogP) is 2.51. The van der Waals surface area contributed by atoms with E-state index in [1.165, 1.54) is 12.1 Å². The first-order valence-electron chi connectivity index (χ1n) is 6.55. The topological polar surface area (TPSA) is 111 Å². The Morgan fingerprint density at radius 1 is 1.50 bits per heavy atom. The van der Waals surface area contributed by atoms with Crippen molar-refractivity contribution < 1.29 is 14.2 Å². The van der Waals surface area contributed by atoms with Crippen LogP contribution < -0.4 is 5.32 Å². The van der Waals surface area contributed by atoms with E-state index in [0.29, 0.717) is 18.1 Å². The summed E-state index contributed by atoms with van der Waals surface area (Å²) in [6.45, 7) is 2.03. The van der Waals surface area contributed by atoms with Crippen molar-refractivity contribution in [3.05, 3.63) is 50.6 Å². The van der Waals surface area contributed by atoms with Gasteiger partial charge >= 0.3 is 0 Å². The highest BCUT2D eigenvalue weighted by Crippen LogP contribution is 2.21. The molecule has 22 heavy (non-hydrogen) atoms. The summed E-state index contributed by atoms with van der Waals surface area (Å²) >= 11 is 5.89. The standard InChI is InChI=1S/C13H13ClN4O4/c1-2-3-12-16-11(17-22-12)7-15-13(19)9-6-8(18(20)21)4-5-10(9)14/h4-6H,2-3,7H2,1H3,(H,15,19). The Balaban J connectivity index is 2.05. The van der Waals surface area contributed by atoms with Crippen LogP contribution in [0, 0.1) is 10.1 Å².